The van der Waals surface area contributed by atoms with Crippen molar-refractivity contribution in [3.8, 4) is 5.75 Å². The van der Waals surface area contributed by atoms with Gasteiger partial charge in [-0.1, -0.05) is 6.07 Å². The molecule has 4 nitrogen and oxygen atoms in total. The minimum absolute atomic E-state index is 0.0605. The first-order valence-corrected chi connectivity index (χ1v) is 6.59. The molecule has 2 aliphatic rings. The molecule has 2 aliphatic carbocycles. The highest BCUT2D eigenvalue weighted by molar-refractivity contribution is 6.00. The lowest BCUT2D eigenvalue weighted by Gasteiger charge is -2.13. The lowest BCUT2D eigenvalue weighted by atomic mass is 9.93. The van der Waals surface area contributed by atoms with E-state index < -0.39 is 0 Å². The van der Waals surface area contributed by atoms with Gasteiger partial charge in [0.2, 0.25) is 0 Å². The van der Waals surface area contributed by atoms with Gasteiger partial charge < -0.3 is 20.4 Å². The number of phenols is 1. The van der Waals surface area contributed by atoms with Crippen LogP contribution in [-0.4, -0.2) is 20.4 Å². The average Bonchev–Trinajstić information content (AvgIpc) is 2.73. The van der Waals surface area contributed by atoms with Crippen LogP contribution in [0.1, 0.15) is 11.1 Å². The molecule has 0 bridgehead atoms. The minimum Gasteiger partial charge on any atom is -0.508 e. The first-order chi connectivity index (χ1) is 10.1. The standard InChI is InChI=1S/C17H12O4/c18-9-1-2-10-8(5-9)6-14(19)16-11(10)3-4-12-13(16)7-15(20)17(12)21/h1,3-7,18-21H,2H2. The molecule has 104 valence electrons. The Kier molecular flexibility index (Phi) is 2.17. The van der Waals surface area contributed by atoms with Gasteiger partial charge in [-0.2, -0.15) is 0 Å². The van der Waals surface area contributed by atoms with E-state index in [4.69, 9.17) is 0 Å². The third-order valence-electron chi connectivity index (χ3n) is 4.06. The molecular formula is C17H12O4. The minimum atomic E-state index is -0.196. The average molecular weight is 280 g/mol. The van der Waals surface area contributed by atoms with Crippen molar-refractivity contribution in [2.24, 2.45) is 0 Å². The van der Waals surface area contributed by atoms with Crippen molar-refractivity contribution in [3.05, 3.63) is 57.4 Å². The van der Waals surface area contributed by atoms with Gasteiger partial charge in [0.25, 0.3) is 0 Å². The highest BCUT2D eigenvalue weighted by Crippen LogP contribution is 2.32. The van der Waals surface area contributed by atoms with Crippen LogP contribution in [0.25, 0.3) is 28.7 Å². The summed E-state index contributed by atoms with van der Waals surface area (Å²) in [4.78, 5) is 0. The summed E-state index contributed by atoms with van der Waals surface area (Å²) < 4.78 is 0. The smallest absolute Gasteiger partial charge is 0.165 e. The monoisotopic (exact) mass is 280 g/mol. The number of aromatic hydroxyl groups is 1. The molecule has 0 aliphatic heterocycles. The number of allylic oxidation sites excluding steroid dienone is 2. The third-order valence-corrected chi connectivity index (χ3v) is 4.06. The Morgan fingerprint density at radius 1 is 0.952 bits per heavy atom. The fourth-order valence-corrected chi connectivity index (χ4v) is 3.09. The Morgan fingerprint density at radius 3 is 2.57 bits per heavy atom. The molecule has 0 saturated carbocycles. The Balaban J connectivity index is 2.21. The lowest BCUT2D eigenvalue weighted by molar-refractivity contribution is 0.388. The number of aliphatic hydroxyl groups is 3. The van der Waals surface area contributed by atoms with E-state index in [9.17, 15) is 20.4 Å². The predicted octanol–water partition coefficient (Wildman–Crippen LogP) is 1.90. The van der Waals surface area contributed by atoms with Crippen molar-refractivity contribution in [3.63, 3.8) is 0 Å². The second-order valence-corrected chi connectivity index (χ2v) is 5.27. The van der Waals surface area contributed by atoms with Gasteiger partial charge >= 0.3 is 0 Å². The zero-order chi connectivity index (χ0) is 14.7. The summed E-state index contributed by atoms with van der Waals surface area (Å²) in [5, 5.41) is 42.2. The van der Waals surface area contributed by atoms with Crippen LogP contribution >= 0.6 is 0 Å². The molecule has 4 rings (SSSR count). The van der Waals surface area contributed by atoms with Crippen molar-refractivity contribution < 1.29 is 20.4 Å². The third kappa shape index (κ3) is 1.50. The summed E-state index contributed by atoms with van der Waals surface area (Å²) in [6.07, 6.45) is 5.35. The van der Waals surface area contributed by atoms with Crippen LogP contribution in [0.2, 0.25) is 0 Å². The van der Waals surface area contributed by atoms with Crippen LogP contribution in [0.15, 0.2) is 35.8 Å². The van der Waals surface area contributed by atoms with Gasteiger partial charge in [0, 0.05) is 16.2 Å². The number of hydrogen-bond acceptors (Lipinski definition) is 4. The van der Waals surface area contributed by atoms with E-state index in [0.717, 1.165) is 16.2 Å². The Bertz CT molecular complexity index is 994. The van der Waals surface area contributed by atoms with Crippen LogP contribution in [0, 0.1) is 0 Å². The SMILES string of the molecule is OC1=CCc2c(cc(O)c3c4c(ccc23)=C(O)C(O)=C4)=C1. The number of phenolic OH excluding ortho intramolecular Hbond substituents is 1. The van der Waals surface area contributed by atoms with Gasteiger partial charge in [0.15, 0.2) is 11.5 Å². The molecule has 0 saturated heterocycles. The largest absolute Gasteiger partial charge is 0.508 e. The maximum absolute atomic E-state index is 10.3. The number of rotatable bonds is 0. The molecule has 4 heteroatoms. The molecule has 4 N–H and O–H groups in total. The maximum Gasteiger partial charge on any atom is 0.165 e. The zero-order valence-corrected chi connectivity index (χ0v) is 11.0. The molecule has 2 aromatic carbocycles. The van der Waals surface area contributed by atoms with Gasteiger partial charge in [-0.05, 0) is 52.9 Å². The second-order valence-electron chi connectivity index (χ2n) is 5.27. The lowest BCUT2D eigenvalue weighted by Crippen LogP contribution is -2.15. The van der Waals surface area contributed by atoms with Crippen molar-refractivity contribution in [1.29, 1.82) is 0 Å². The quantitative estimate of drug-likeness (QED) is 0.594. The first-order valence-electron chi connectivity index (χ1n) is 6.59. The Hall–Kier alpha value is -2.88. The summed E-state index contributed by atoms with van der Waals surface area (Å²) in [5.74, 6) is -0.122. The summed E-state index contributed by atoms with van der Waals surface area (Å²) in [5.41, 5.74) is 1.62. The number of benzene rings is 2. The van der Waals surface area contributed by atoms with Gasteiger partial charge in [-0.3, -0.25) is 0 Å². The molecule has 0 unspecified atom stereocenters. The topological polar surface area (TPSA) is 80.9 Å². The highest BCUT2D eigenvalue weighted by atomic mass is 16.3. The van der Waals surface area contributed by atoms with E-state index in [1.807, 2.05) is 6.07 Å². The fraction of sp³-hybridized carbons (Fsp3) is 0.0588. The fourth-order valence-electron chi connectivity index (χ4n) is 3.09. The number of hydrogen-bond donors (Lipinski definition) is 4. The van der Waals surface area contributed by atoms with Crippen LogP contribution < -0.4 is 10.4 Å². The van der Waals surface area contributed by atoms with E-state index in [-0.39, 0.29) is 23.0 Å². The van der Waals surface area contributed by atoms with Crippen LogP contribution in [0.4, 0.5) is 0 Å². The molecule has 0 spiro atoms. The molecule has 2 aromatic rings. The van der Waals surface area contributed by atoms with E-state index in [0.29, 0.717) is 22.6 Å². The number of fused-ring (bicyclic) bond motifs is 5. The Morgan fingerprint density at radius 2 is 1.76 bits per heavy atom. The van der Waals surface area contributed by atoms with Gasteiger partial charge in [0.05, 0.1) is 0 Å². The van der Waals surface area contributed by atoms with Crippen LogP contribution in [-0.2, 0) is 6.42 Å². The molecule has 0 aromatic heterocycles. The summed E-state index contributed by atoms with van der Waals surface area (Å²) >= 11 is 0. The van der Waals surface area contributed by atoms with Crippen molar-refractivity contribution >= 4 is 28.7 Å². The summed E-state index contributed by atoms with van der Waals surface area (Å²) in [6, 6.07) is 5.14. The van der Waals surface area contributed by atoms with E-state index in [1.165, 1.54) is 6.08 Å². The normalized spacial score (nSPS) is 16.1. The first kappa shape index (κ1) is 11.9. The number of aliphatic hydroxyl groups excluding tert-OH is 3. The van der Waals surface area contributed by atoms with E-state index >= 15 is 0 Å². The van der Waals surface area contributed by atoms with E-state index in [2.05, 4.69) is 0 Å². The molecule has 0 amide bonds. The summed E-state index contributed by atoms with van der Waals surface area (Å²) in [6.45, 7) is 0. The Labute approximate surface area is 119 Å². The van der Waals surface area contributed by atoms with Gasteiger partial charge in [0.1, 0.15) is 11.5 Å². The van der Waals surface area contributed by atoms with E-state index in [1.54, 1.807) is 24.3 Å². The van der Waals surface area contributed by atoms with Crippen LogP contribution in [0.5, 0.6) is 5.75 Å². The van der Waals surface area contributed by atoms with Crippen molar-refractivity contribution in [2.75, 3.05) is 0 Å². The van der Waals surface area contributed by atoms with Gasteiger partial charge in [-0.15, -0.1) is 0 Å². The molecule has 0 radical (unpaired) electrons. The maximum atomic E-state index is 10.3. The van der Waals surface area contributed by atoms with Gasteiger partial charge in [-0.25, -0.2) is 0 Å². The molecule has 0 heterocycles. The molecule has 0 atom stereocenters. The predicted molar refractivity (Wildman–Crippen MR) is 80.4 cm³/mol. The van der Waals surface area contributed by atoms with Crippen molar-refractivity contribution in [2.45, 2.75) is 6.42 Å². The second kappa shape index (κ2) is 3.82. The zero-order valence-electron chi connectivity index (χ0n) is 11.0. The highest BCUT2D eigenvalue weighted by Gasteiger charge is 2.19. The summed E-state index contributed by atoms with van der Waals surface area (Å²) in [7, 11) is 0. The molecular weight excluding hydrogens is 268 g/mol. The van der Waals surface area contributed by atoms with Crippen LogP contribution in [0.3, 0.4) is 0 Å². The molecule has 0 fully saturated rings. The molecule has 21 heavy (non-hydrogen) atoms. The van der Waals surface area contributed by atoms with Crippen molar-refractivity contribution in [1.82, 2.24) is 0 Å².